The summed E-state index contributed by atoms with van der Waals surface area (Å²) in [5.74, 6) is 3.65. The first-order valence-electron chi connectivity index (χ1n) is 8.77. The molecule has 1 aromatic carbocycles. The van der Waals surface area contributed by atoms with Gasteiger partial charge < -0.3 is 9.09 Å². The Labute approximate surface area is 157 Å². The molecule has 1 aliphatic rings. The highest BCUT2D eigenvalue weighted by Gasteiger charge is 2.25. The summed E-state index contributed by atoms with van der Waals surface area (Å²) in [5.41, 5.74) is 1.01. The third-order valence-corrected chi connectivity index (χ3v) is 5.16. The molecule has 0 aliphatic carbocycles. The van der Waals surface area contributed by atoms with Crippen molar-refractivity contribution in [3.63, 3.8) is 0 Å². The lowest BCUT2D eigenvalue weighted by Crippen LogP contribution is -2.33. The Morgan fingerprint density at radius 2 is 1.88 bits per heavy atom. The van der Waals surface area contributed by atoms with Gasteiger partial charge in [0.25, 0.3) is 0 Å². The van der Waals surface area contributed by atoms with Gasteiger partial charge in [-0.05, 0) is 57.1 Å². The number of nitrogens with zero attached hydrogens (tertiary/aromatic N) is 6. The maximum absolute atomic E-state index is 5.97. The highest BCUT2D eigenvalue weighted by Crippen LogP contribution is 2.27. The van der Waals surface area contributed by atoms with Gasteiger partial charge in [-0.2, -0.15) is 4.98 Å². The molecule has 26 heavy (non-hydrogen) atoms. The minimum atomic E-state index is 0.358. The average molecular weight is 373 g/mol. The molecule has 0 N–H and O–H groups in total. The van der Waals surface area contributed by atoms with Crippen LogP contribution in [0.1, 0.15) is 36.3 Å². The number of hydrogen-bond donors (Lipinski definition) is 0. The van der Waals surface area contributed by atoms with E-state index >= 15 is 0 Å². The van der Waals surface area contributed by atoms with Crippen LogP contribution in [-0.2, 0) is 13.6 Å². The molecule has 2 aromatic heterocycles. The van der Waals surface area contributed by atoms with Gasteiger partial charge >= 0.3 is 0 Å². The predicted octanol–water partition coefficient (Wildman–Crippen LogP) is 3.21. The number of halogens is 1. The fourth-order valence-electron chi connectivity index (χ4n) is 3.37. The van der Waals surface area contributed by atoms with Crippen molar-refractivity contribution < 1.29 is 4.52 Å². The number of likely N-dealkylation sites (tertiary alicyclic amines) is 1. The molecule has 0 spiro atoms. The molecule has 4 rings (SSSR count). The van der Waals surface area contributed by atoms with Crippen LogP contribution in [0.25, 0.3) is 11.4 Å². The van der Waals surface area contributed by atoms with Gasteiger partial charge in [0.15, 0.2) is 11.6 Å². The maximum Gasteiger partial charge on any atom is 0.229 e. The second-order valence-corrected chi connectivity index (χ2v) is 7.17. The van der Waals surface area contributed by atoms with E-state index in [1.54, 1.807) is 0 Å². The quantitative estimate of drug-likeness (QED) is 0.700. The second kappa shape index (κ2) is 7.17. The molecule has 3 aromatic rings. The van der Waals surface area contributed by atoms with Crippen LogP contribution in [0.2, 0.25) is 5.02 Å². The van der Waals surface area contributed by atoms with E-state index < -0.39 is 0 Å². The molecule has 0 amide bonds. The molecule has 0 bridgehead atoms. The number of aryl methyl sites for hydroxylation is 1. The minimum absolute atomic E-state index is 0.358. The Balaban J connectivity index is 1.40. The molecule has 0 radical (unpaired) electrons. The van der Waals surface area contributed by atoms with Gasteiger partial charge in [-0.1, -0.05) is 16.8 Å². The van der Waals surface area contributed by atoms with Gasteiger partial charge in [0, 0.05) is 23.6 Å². The molecule has 8 heteroatoms. The highest BCUT2D eigenvalue weighted by atomic mass is 35.5. The van der Waals surface area contributed by atoms with E-state index in [0.29, 0.717) is 11.7 Å². The lowest BCUT2D eigenvalue weighted by Gasteiger charge is -2.29. The monoisotopic (exact) mass is 372 g/mol. The summed E-state index contributed by atoms with van der Waals surface area (Å²) in [6.07, 6.45) is 2.03. The van der Waals surface area contributed by atoms with Crippen LogP contribution in [0.3, 0.4) is 0 Å². The Morgan fingerprint density at radius 1 is 1.15 bits per heavy atom. The summed E-state index contributed by atoms with van der Waals surface area (Å²) in [4.78, 5) is 6.77. The Kier molecular flexibility index (Phi) is 4.74. The van der Waals surface area contributed by atoms with Crippen molar-refractivity contribution >= 4 is 11.6 Å². The van der Waals surface area contributed by atoms with Crippen LogP contribution < -0.4 is 0 Å². The van der Waals surface area contributed by atoms with Crippen molar-refractivity contribution in [2.24, 2.45) is 7.05 Å². The number of benzene rings is 1. The molecule has 0 unspecified atom stereocenters. The van der Waals surface area contributed by atoms with E-state index in [-0.39, 0.29) is 0 Å². The molecule has 0 saturated carbocycles. The van der Waals surface area contributed by atoms with Gasteiger partial charge in [0.2, 0.25) is 5.89 Å². The fraction of sp³-hybridized carbons (Fsp3) is 0.444. The molecule has 1 fully saturated rings. The lowest BCUT2D eigenvalue weighted by molar-refractivity contribution is 0.182. The topological polar surface area (TPSA) is 72.9 Å². The van der Waals surface area contributed by atoms with Crippen LogP contribution in [0, 0.1) is 6.92 Å². The van der Waals surface area contributed by atoms with Crippen LogP contribution >= 0.6 is 11.6 Å². The second-order valence-electron chi connectivity index (χ2n) is 6.74. The first-order valence-corrected chi connectivity index (χ1v) is 9.14. The SMILES string of the molecule is Cc1noc(C2CCN(Cc3nnc(-c4ccc(Cl)cc4)n3C)CC2)n1. The van der Waals surface area contributed by atoms with E-state index in [1.165, 1.54) is 0 Å². The molecule has 3 heterocycles. The van der Waals surface area contributed by atoms with Crippen molar-refractivity contribution in [3.8, 4) is 11.4 Å². The molecular formula is C18H21ClN6O. The number of rotatable bonds is 4. The molecule has 0 atom stereocenters. The van der Waals surface area contributed by atoms with Gasteiger partial charge in [-0.25, -0.2) is 0 Å². The van der Waals surface area contributed by atoms with Gasteiger partial charge in [0.1, 0.15) is 5.82 Å². The van der Waals surface area contributed by atoms with Crippen molar-refractivity contribution in [3.05, 3.63) is 46.8 Å². The zero-order chi connectivity index (χ0) is 18.1. The summed E-state index contributed by atoms with van der Waals surface area (Å²) in [6.45, 7) is 4.60. The largest absolute Gasteiger partial charge is 0.339 e. The zero-order valence-electron chi connectivity index (χ0n) is 14.9. The summed E-state index contributed by atoms with van der Waals surface area (Å²) >= 11 is 5.97. The van der Waals surface area contributed by atoms with Crippen molar-refractivity contribution in [2.75, 3.05) is 13.1 Å². The Hall–Kier alpha value is -2.25. The molecular weight excluding hydrogens is 352 g/mol. The van der Waals surface area contributed by atoms with Gasteiger partial charge in [0.05, 0.1) is 6.54 Å². The number of piperidine rings is 1. The van der Waals surface area contributed by atoms with E-state index in [4.69, 9.17) is 16.1 Å². The lowest BCUT2D eigenvalue weighted by atomic mass is 9.97. The van der Waals surface area contributed by atoms with Gasteiger partial charge in [-0.3, -0.25) is 4.90 Å². The standard InChI is InChI=1S/C18H21ClN6O/c1-12-20-18(26-23-12)14-7-9-25(10-8-14)11-16-21-22-17(24(16)2)13-3-5-15(19)6-4-13/h3-6,14H,7-11H2,1-2H3. The normalized spacial score (nSPS) is 16.3. The summed E-state index contributed by atoms with van der Waals surface area (Å²) in [7, 11) is 2.01. The molecule has 7 nitrogen and oxygen atoms in total. The zero-order valence-corrected chi connectivity index (χ0v) is 15.6. The maximum atomic E-state index is 5.97. The van der Waals surface area contributed by atoms with E-state index in [2.05, 4.69) is 29.8 Å². The Morgan fingerprint density at radius 3 is 2.54 bits per heavy atom. The summed E-state index contributed by atoms with van der Waals surface area (Å²) < 4.78 is 7.37. The minimum Gasteiger partial charge on any atom is -0.339 e. The smallest absolute Gasteiger partial charge is 0.229 e. The van der Waals surface area contributed by atoms with Crippen molar-refractivity contribution in [2.45, 2.75) is 32.2 Å². The van der Waals surface area contributed by atoms with E-state index in [1.807, 2.05) is 38.2 Å². The first kappa shape index (κ1) is 17.2. The van der Waals surface area contributed by atoms with Gasteiger partial charge in [-0.15, -0.1) is 10.2 Å². The van der Waals surface area contributed by atoms with Crippen LogP contribution in [0.5, 0.6) is 0 Å². The van der Waals surface area contributed by atoms with Crippen LogP contribution in [-0.4, -0.2) is 42.9 Å². The predicted molar refractivity (Wildman–Crippen MR) is 97.7 cm³/mol. The number of aromatic nitrogens is 5. The van der Waals surface area contributed by atoms with E-state index in [0.717, 1.165) is 60.6 Å². The van der Waals surface area contributed by atoms with E-state index in [9.17, 15) is 0 Å². The van der Waals surface area contributed by atoms with Crippen LogP contribution in [0.4, 0.5) is 0 Å². The van der Waals surface area contributed by atoms with Crippen molar-refractivity contribution in [1.82, 2.24) is 29.8 Å². The summed E-state index contributed by atoms with van der Waals surface area (Å²) in [5, 5.41) is 13.4. The summed E-state index contributed by atoms with van der Waals surface area (Å²) in [6, 6.07) is 7.67. The average Bonchev–Trinajstić information content (AvgIpc) is 3.23. The third kappa shape index (κ3) is 3.50. The molecule has 1 saturated heterocycles. The molecule has 1 aliphatic heterocycles. The highest BCUT2D eigenvalue weighted by molar-refractivity contribution is 6.30. The third-order valence-electron chi connectivity index (χ3n) is 4.91. The Bertz CT molecular complexity index is 879. The molecule has 136 valence electrons. The first-order chi connectivity index (χ1) is 12.6. The van der Waals surface area contributed by atoms with Crippen molar-refractivity contribution in [1.29, 1.82) is 0 Å². The fourth-order valence-corrected chi connectivity index (χ4v) is 3.49. The van der Waals surface area contributed by atoms with Crippen LogP contribution in [0.15, 0.2) is 28.8 Å². The number of hydrogen-bond acceptors (Lipinski definition) is 6.